The van der Waals surface area contributed by atoms with Crippen LogP contribution in [0.3, 0.4) is 0 Å². The van der Waals surface area contributed by atoms with Crippen LogP contribution in [0.4, 0.5) is 5.69 Å². The Kier molecular flexibility index (Phi) is 3.85. The molecule has 0 aliphatic carbocycles. The third-order valence-corrected chi connectivity index (χ3v) is 3.49. The van der Waals surface area contributed by atoms with Gasteiger partial charge in [-0.05, 0) is 54.8 Å². The van der Waals surface area contributed by atoms with E-state index in [-0.39, 0.29) is 0 Å². The van der Waals surface area contributed by atoms with Crippen LogP contribution < -0.4 is 5.32 Å². The van der Waals surface area contributed by atoms with Crippen LogP contribution in [0.15, 0.2) is 46.9 Å². The fourth-order valence-electron chi connectivity index (χ4n) is 1.89. The molecule has 2 aromatic rings. The van der Waals surface area contributed by atoms with E-state index < -0.39 is 0 Å². The first-order valence-electron chi connectivity index (χ1n) is 5.71. The standard InChI is InChI=1S/C15H16BrN/c1-11-4-3-5-12(2)15(11)10-17-14-8-6-13(16)7-9-14/h3-9,17H,10H2,1-2H3. The molecule has 17 heavy (non-hydrogen) atoms. The highest BCUT2D eigenvalue weighted by Crippen LogP contribution is 2.17. The van der Waals surface area contributed by atoms with E-state index in [9.17, 15) is 0 Å². The molecule has 1 nitrogen and oxygen atoms in total. The SMILES string of the molecule is Cc1cccc(C)c1CNc1ccc(Br)cc1. The molecular weight excluding hydrogens is 274 g/mol. The van der Waals surface area contributed by atoms with E-state index in [0.29, 0.717) is 0 Å². The van der Waals surface area contributed by atoms with Crippen molar-refractivity contribution in [3.63, 3.8) is 0 Å². The first-order valence-corrected chi connectivity index (χ1v) is 6.50. The lowest BCUT2D eigenvalue weighted by Crippen LogP contribution is -2.03. The van der Waals surface area contributed by atoms with Crippen molar-refractivity contribution in [2.45, 2.75) is 20.4 Å². The van der Waals surface area contributed by atoms with E-state index in [0.717, 1.165) is 16.7 Å². The third-order valence-electron chi connectivity index (χ3n) is 2.96. The van der Waals surface area contributed by atoms with Crippen molar-refractivity contribution < 1.29 is 0 Å². The van der Waals surface area contributed by atoms with Gasteiger partial charge in [0.05, 0.1) is 0 Å². The number of hydrogen-bond donors (Lipinski definition) is 1. The summed E-state index contributed by atoms with van der Waals surface area (Å²) in [7, 11) is 0. The van der Waals surface area contributed by atoms with Gasteiger partial charge >= 0.3 is 0 Å². The molecule has 0 radical (unpaired) electrons. The zero-order chi connectivity index (χ0) is 12.3. The van der Waals surface area contributed by atoms with E-state index in [4.69, 9.17) is 0 Å². The average molecular weight is 290 g/mol. The van der Waals surface area contributed by atoms with Gasteiger partial charge in [0.15, 0.2) is 0 Å². The van der Waals surface area contributed by atoms with Gasteiger partial charge in [-0.25, -0.2) is 0 Å². The molecule has 0 saturated carbocycles. The topological polar surface area (TPSA) is 12.0 Å². The lowest BCUT2D eigenvalue weighted by Gasteiger charge is -2.11. The molecule has 0 aliphatic heterocycles. The number of anilines is 1. The minimum atomic E-state index is 0.875. The van der Waals surface area contributed by atoms with Crippen LogP contribution in [-0.2, 0) is 6.54 Å². The third kappa shape index (κ3) is 3.10. The van der Waals surface area contributed by atoms with E-state index in [2.05, 4.69) is 65.4 Å². The highest BCUT2D eigenvalue weighted by molar-refractivity contribution is 9.10. The second-order valence-electron chi connectivity index (χ2n) is 4.23. The maximum Gasteiger partial charge on any atom is 0.0406 e. The smallest absolute Gasteiger partial charge is 0.0406 e. The summed E-state index contributed by atoms with van der Waals surface area (Å²) in [5, 5.41) is 3.45. The molecule has 1 N–H and O–H groups in total. The molecule has 0 bridgehead atoms. The molecule has 2 aromatic carbocycles. The number of nitrogens with one attached hydrogen (secondary N) is 1. The van der Waals surface area contributed by atoms with Gasteiger partial charge in [0.2, 0.25) is 0 Å². The molecule has 0 atom stereocenters. The number of rotatable bonds is 3. The highest BCUT2D eigenvalue weighted by Gasteiger charge is 2.01. The Labute approximate surface area is 111 Å². The Hall–Kier alpha value is -1.28. The molecule has 0 unspecified atom stereocenters. The van der Waals surface area contributed by atoms with E-state index in [1.807, 2.05) is 12.1 Å². The zero-order valence-corrected chi connectivity index (χ0v) is 11.7. The van der Waals surface area contributed by atoms with Crippen LogP contribution >= 0.6 is 15.9 Å². The maximum absolute atomic E-state index is 3.45. The Bertz CT molecular complexity index is 483. The van der Waals surface area contributed by atoms with E-state index in [1.54, 1.807) is 0 Å². The van der Waals surface area contributed by atoms with Gasteiger partial charge in [-0.2, -0.15) is 0 Å². The summed E-state index contributed by atoms with van der Waals surface area (Å²) in [4.78, 5) is 0. The quantitative estimate of drug-likeness (QED) is 0.865. The van der Waals surface area contributed by atoms with Crippen molar-refractivity contribution in [2.24, 2.45) is 0 Å². The van der Waals surface area contributed by atoms with Gasteiger partial charge in [0, 0.05) is 16.7 Å². The summed E-state index contributed by atoms with van der Waals surface area (Å²) in [6.45, 7) is 5.19. The molecule has 0 aromatic heterocycles. The summed E-state index contributed by atoms with van der Waals surface area (Å²) in [5.41, 5.74) is 5.22. The molecule has 0 saturated heterocycles. The molecule has 0 spiro atoms. The normalized spacial score (nSPS) is 10.3. The van der Waals surface area contributed by atoms with Gasteiger partial charge in [-0.15, -0.1) is 0 Å². The molecule has 88 valence electrons. The lowest BCUT2D eigenvalue weighted by molar-refractivity contribution is 1.09. The van der Waals surface area contributed by atoms with Crippen LogP contribution in [0.25, 0.3) is 0 Å². The summed E-state index contributed by atoms with van der Waals surface area (Å²) >= 11 is 3.44. The molecule has 0 heterocycles. The van der Waals surface area contributed by atoms with Crippen LogP contribution in [0.5, 0.6) is 0 Å². The molecule has 0 amide bonds. The summed E-state index contributed by atoms with van der Waals surface area (Å²) in [6, 6.07) is 14.7. The molecule has 0 fully saturated rings. The fourth-order valence-corrected chi connectivity index (χ4v) is 2.15. The Balaban J connectivity index is 2.10. The fraction of sp³-hybridized carbons (Fsp3) is 0.200. The van der Waals surface area contributed by atoms with Gasteiger partial charge in [-0.1, -0.05) is 34.1 Å². The number of halogens is 1. The second kappa shape index (κ2) is 5.37. The Morgan fingerprint density at radius 1 is 0.941 bits per heavy atom. The number of hydrogen-bond acceptors (Lipinski definition) is 1. The number of aryl methyl sites for hydroxylation is 2. The van der Waals surface area contributed by atoms with E-state index >= 15 is 0 Å². The first kappa shape index (κ1) is 12.2. The van der Waals surface area contributed by atoms with Gasteiger partial charge in [0.1, 0.15) is 0 Å². The summed E-state index contributed by atoms with van der Waals surface area (Å²) in [5.74, 6) is 0. The largest absolute Gasteiger partial charge is 0.381 e. The Morgan fingerprint density at radius 2 is 1.53 bits per heavy atom. The second-order valence-corrected chi connectivity index (χ2v) is 5.15. The number of benzene rings is 2. The van der Waals surface area contributed by atoms with Crippen molar-refractivity contribution in [3.05, 3.63) is 63.6 Å². The van der Waals surface area contributed by atoms with Crippen molar-refractivity contribution in [1.29, 1.82) is 0 Å². The van der Waals surface area contributed by atoms with Crippen molar-refractivity contribution >= 4 is 21.6 Å². The zero-order valence-electron chi connectivity index (χ0n) is 10.1. The molecule has 2 rings (SSSR count). The molecule has 2 heteroatoms. The minimum absolute atomic E-state index is 0.875. The van der Waals surface area contributed by atoms with Gasteiger partial charge in [0.25, 0.3) is 0 Å². The van der Waals surface area contributed by atoms with E-state index in [1.165, 1.54) is 16.7 Å². The maximum atomic E-state index is 3.45. The van der Waals surface area contributed by atoms with Crippen molar-refractivity contribution in [3.8, 4) is 0 Å². The summed E-state index contributed by atoms with van der Waals surface area (Å²) in [6.07, 6.45) is 0. The highest BCUT2D eigenvalue weighted by atomic mass is 79.9. The van der Waals surface area contributed by atoms with Crippen LogP contribution in [0.1, 0.15) is 16.7 Å². The predicted molar refractivity (Wildman–Crippen MR) is 77.4 cm³/mol. The molecular formula is C15H16BrN. The lowest BCUT2D eigenvalue weighted by atomic mass is 10.0. The van der Waals surface area contributed by atoms with Crippen LogP contribution in [0, 0.1) is 13.8 Å². The first-order chi connectivity index (χ1) is 8.16. The molecule has 0 aliphatic rings. The van der Waals surface area contributed by atoms with Crippen molar-refractivity contribution in [1.82, 2.24) is 0 Å². The average Bonchev–Trinajstić information content (AvgIpc) is 2.31. The van der Waals surface area contributed by atoms with Gasteiger partial charge in [-0.3, -0.25) is 0 Å². The monoisotopic (exact) mass is 289 g/mol. The minimum Gasteiger partial charge on any atom is -0.381 e. The van der Waals surface area contributed by atoms with Crippen LogP contribution in [0.2, 0.25) is 0 Å². The summed E-state index contributed by atoms with van der Waals surface area (Å²) < 4.78 is 1.11. The van der Waals surface area contributed by atoms with Crippen LogP contribution in [-0.4, -0.2) is 0 Å². The van der Waals surface area contributed by atoms with Gasteiger partial charge < -0.3 is 5.32 Å². The predicted octanol–water partition coefficient (Wildman–Crippen LogP) is 4.68. The van der Waals surface area contributed by atoms with Crippen molar-refractivity contribution in [2.75, 3.05) is 5.32 Å². The Morgan fingerprint density at radius 3 is 2.12 bits per heavy atom.